The summed E-state index contributed by atoms with van der Waals surface area (Å²) in [6.45, 7) is 2.05. The highest BCUT2D eigenvalue weighted by atomic mass is 19.1. The Morgan fingerprint density at radius 2 is 1.31 bits per heavy atom. The SMILES string of the molecule is Cc1ccc(/C(=C2\C=CC(c3ccc(F)cc3)=N2)c2ccc(-c3ccc(F)cc3)[nH]2)cc1. The van der Waals surface area contributed by atoms with E-state index in [1.807, 2.05) is 24.3 Å². The molecule has 2 nitrogen and oxygen atoms in total. The van der Waals surface area contributed by atoms with Gasteiger partial charge in [0.1, 0.15) is 11.6 Å². The molecule has 1 aliphatic heterocycles. The summed E-state index contributed by atoms with van der Waals surface area (Å²) in [5.41, 5.74) is 8.36. The van der Waals surface area contributed by atoms with Crippen LogP contribution in [0.4, 0.5) is 8.78 Å². The standard InChI is InChI=1S/C28H20F2N2/c1-18-2-4-21(5-3-18)28(26-16-14-24(31-26)19-6-10-22(29)11-7-19)27-17-15-25(32-27)20-8-12-23(30)13-9-20/h2-17,31H,1H3/b28-27-. The lowest BCUT2D eigenvalue weighted by atomic mass is 9.99. The maximum atomic E-state index is 13.3. The van der Waals surface area contributed by atoms with Gasteiger partial charge in [-0.15, -0.1) is 0 Å². The smallest absolute Gasteiger partial charge is 0.123 e. The van der Waals surface area contributed by atoms with Crippen LogP contribution >= 0.6 is 0 Å². The second-order valence-electron chi connectivity index (χ2n) is 7.76. The number of aliphatic imine (C=N–C) groups is 1. The fourth-order valence-electron chi connectivity index (χ4n) is 3.78. The first-order valence-electron chi connectivity index (χ1n) is 10.4. The van der Waals surface area contributed by atoms with E-state index in [2.05, 4.69) is 36.2 Å². The van der Waals surface area contributed by atoms with Crippen LogP contribution in [-0.4, -0.2) is 10.7 Å². The molecule has 4 heteroatoms. The van der Waals surface area contributed by atoms with Crippen LogP contribution in [-0.2, 0) is 0 Å². The molecule has 1 aromatic heterocycles. The summed E-state index contributed by atoms with van der Waals surface area (Å²) in [7, 11) is 0. The zero-order chi connectivity index (χ0) is 22.1. The van der Waals surface area contributed by atoms with Crippen LogP contribution in [0.5, 0.6) is 0 Å². The van der Waals surface area contributed by atoms with Crippen molar-refractivity contribution in [2.24, 2.45) is 4.99 Å². The Morgan fingerprint density at radius 1 is 0.688 bits per heavy atom. The second-order valence-corrected chi connectivity index (χ2v) is 7.76. The minimum absolute atomic E-state index is 0.262. The number of allylic oxidation sites excluding steroid dienone is 2. The third kappa shape index (κ3) is 3.95. The molecule has 1 aliphatic rings. The van der Waals surface area contributed by atoms with Gasteiger partial charge in [-0.2, -0.15) is 0 Å². The molecule has 0 saturated carbocycles. The Balaban J connectivity index is 1.61. The van der Waals surface area contributed by atoms with Gasteiger partial charge in [-0.25, -0.2) is 13.8 Å². The second kappa shape index (κ2) is 8.23. The molecule has 0 spiro atoms. The molecule has 0 fully saturated rings. The molecular weight excluding hydrogens is 402 g/mol. The summed E-state index contributed by atoms with van der Waals surface area (Å²) in [5.74, 6) is -0.533. The van der Waals surface area contributed by atoms with Crippen LogP contribution in [0, 0.1) is 18.6 Å². The molecule has 156 valence electrons. The number of aromatic amines is 1. The van der Waals surface area contributed by atoms with Gasteiger partial charge in [0, 0.05) is 22.5 Å². The predicted octanol–water partition coefficient (Wildman–Crippen LogP) is 7.09. The fraction of sp³-hybridized carbons (Fsp3) is 0.0357. The molecule has 3 aromatic carbocycles. The molecule has 0 saturated heterocycles. The summed E-state index contributed by atoms with van der Waals surface area (Å²) < 4.78 is 26.7. The van der Waals surface area contributed by atoms with Gasteiger partial charge >= 0.3 is 0 Å². The largest absolute Gasteiger partial charge is 0.354 e. The van der Waals surface area contributed by atoms with Gasteiger partial charge in [-0.1, -0.05) is 29.8 Å². The van der Waals surface area contributed by atoms with E-state index in [1.165, 1.54) is 29.8 Å². The van der Waals surface area contributed by atoms with Gasteiger partial charge in [0.2, 0.25) is 0 Å². The molecule has 0 aliphatic carbocycles. The molecule has 0 bridgehead atoms. The summed E-state index contributed by atoms with van der Waals surface area (Å²) >= 11 is 0. The zero-order valence-electron chi connectivity index (χ0n) is 17.4. The maximum absolute atomic E-state index is 13.3. The van der Waals surface area contributed by atoms with E-state index in [9.17, 15) is 8.78 Å². The van der Waals surface area contributed by atoms with Crippen LogP contribution in [0.25, 0.3) is 16.8 Å². The number of nitrogens with zero attached hydrogens (tertiary/aromatic N) is 1. The number of halogens is 2. The molecule has 0 atom stereocenters. The summed E-state index contributed by atoms with van der Waals surface area (Å²) in [4.78, 5) is 8.32. The highest BCUT2D eigenvalue weighted by Crippen LogP contribution is 2.32. The lowest BCUT2D eigenvalue weighted by molar-refractivity contribution is 0.627. The lowest BCUT2D eigenvalue weighted by Crippen LogP contribution is -1.95. The van der Waals surface area contributed by atoms with Crippen molar-refractivity contribution in [2.75, 3.05) is 0 Å². The topological polar surface area (TPSA) is 28.1 Å². The highest BCUT2D eigenvalue weighted by molar-refractivity contribution is 6.12. The molecule has 32 heavy (non-hydrogen) atoms. The van der Waals surface area contributed by atoms with E-state index in [0.29, 0.717) is 0 Å². The average Bonchev–Trinajstić information content (AvgIpc) is 3.47. The first-order chi connectivity index (χ1) is 15.6. The number of aryl methyl sites for hydroxylation is 1. The van der Waals surface area contributed by atoms with Crippen LogP contribution in [0.2, 0.25) is 0 Å². The molecule has 1 N–H and O–H groups in total. The number of aromatic nitrogens is 1. The van der Waals surface area contributed by atoms with Crippen molar-refractivity contribution < 1.29 is 8.78 Å². The third-order valence-corrected chi connectivity index (χ3v) is 5.49. The molecule has 0 amide bonds. The van der Waals surface area contributed by atoms with Gasteiger partial charge in [-0.3, -0.25) is 0 Å². The molecule has 0 unspecified atom stereocenters. The minimum Gasteiger partial charge on any atom is -0.354 e. The summed E-state index contributed by atoms with van der Waals surface area (Å²) in [5, 5.41) is 0. The monoisotopic (exact) mass is 422 g/mol. The van der Waals surface area contributed by atoms with Crippen molar-refractivity contribution in [1.29, 1.82) is 0 Å². The molecular formula is C28H20F2N2. The number of hydrogen-bond acceptors (Lipinski definition) is 1. The Bertz CT molecular complexity index is 1350. The van der Waals surface area contributed by atoms with E-state index in [1.54, 1.807) is 24.3 Å². The van der Waals surface area contributed by atoms with Crippen LogP contribution in [0.15, 0.2) is 108 Å². The van der Waals surface area contributed by atoms with E-state index in [4.69, 9.17) is 4.99 Å². The van der Waals surface area contributed by atoms with Crippen molar-refractivity contribution in [2.45, 2.75) is 6.92 Å². The highest BCUT2D eigenvalue weighted by Gasteiger charge is 2.17. The van der Waals surface area contributed by atoms with E-state index >= 15 is 0 Å². The van der Waals surface area contributed by atoms with E-state index in [0.717, 1.165) is 45.1 Å². The normalized spacial score (nSPS) is 14.5. The summed E-state index contributed by atoms with van der Waals surface area (Å²) in [6.07, 6.45) is 3.92. The fourth-order valence-corrected chi connectivity index (χ4v) is 3.78. The lowest BCUT2D eigenvalue weighted by Gasteiger charge is -2.09. The predicted molar refractivity (Wildman–Crippen MR) is 125 cm³/mol. The van der Waals surface area contributed by atoms with Crippen molar-refractivity contribution >= 4 is 11.3 Å². The molecule has 4 aromatic rings. The van der Waals surface area contributed by atoms with Crippen molar-refractivity contribution in [3.63, 3.8) is 0 Å². The van der Waals surface area contributed by atoms with Gasteiger partial charge < -0.3 is 4.98 Å². The Morgan fingerprint density at radius 3 is 1.97 bits per heavy atom. The number of benzene rings is 3. The Labute approximate surface area is 185 Å². The zero-order valence-corrected chi connectivity index (χ0v) is 17.4. The van der Waals surface area contributed by atoms with Crippen LogP contribution in [0.3, 0.4) is 0 Å². The molecule has 0 radical (unpaired) electrons. The van der Waals surface area contributed by atoms with Gasteiger partial charge in [0.15, 0.2) is 0 Å². The molecule has 5 rings (SSSR count). The van der Waals surface area contributed by atoms with Crippen molar-refractivity contribution in [1.82, 2.24) is 4.98 Å². The summed E-state index contributed by atoms with van der Waals surface area (Å²) in [6, 6.07) is 25.1. The third-order valence-electron chi connectivity index (χ3n) is 5.49. The molecule has 2 heterocycles. The first-order valence-corrected chi connectivity index (χ1v) is 10.4. The quantitative estimate of drug-likeness (QED) is 0.364. The maximum Gasteiger partial charge on any atom is 0.123 e. The number of hydrogen-bond donors (Lipinski definition) is 1. The van der Waals surface area contributed by atoms with Crippen LogP contribution in [0.1, 0.15) is 22.4 Å². The number of H-pyrrole nitrogens is 1. The number of nitrogens with one attached hydrogen (secondary N) is 1. The first kappa shape index (κ1) is 19.9. The Kier molecular flexibility index (Phi) is 5.12. The minimum atomic E-state index is -0.271. The van der Waals surface area contributed by atoms with E-state index in [-0.39, 0.29) is 11.6 Å². The van der Waals surface area contributed by atoms with Gasteiger partial charge in [0.25, 0.3) is 0 Å². The van der Waals surface area contributed by atoms with Crippen molar-refractivity contribution in [3.8, 4) is 11.3 Å². The number of rotatable bonds is 4. The van der Waals surface area contributed by atoms with E-state index < -0.39 is 0 Å². The van der Waals surface area contributed by atoms with Crippen molar-refractivity contribution in [3.05, 3.63) is 137 Å². The van der Waals surface area contributed by atoms with Crippen LogP contribution < -0.4 is 0 Å². The Hall–Kier alpha value is -4.05. The van der Waals surface area contributed by atoms with Gasteiger partial charge in [0.05, 0.1) is 11.4 Å². The van der Waals surface area contributed by atoms with Gasteiger partial charge in [-0.05, 0) is 90.9 Å². The average molecular weight is 422 g/mol.